The van der Waals surface area contributed by atoms with Crippen LogP contribution in [0.2, 0.25) is 0 Å². The zero-order valence-electron chi connectivity index (χ0n) is 14.3. The Kier molecular flexibility index (Phi) is 5.91. The minimum absolute atomic E-state index is 0.133. The average Bonchev–Trinajstić information content (AvgIpc) is 2.54. The van der Waals surface area contributed by atoms with Crippen LogP contribution in [0.3, 0.4) is 0 Å². The van der Waals surface area contributed by atoms with Gasteiger partial charge in [-0.25, -0.2) is 8.42 Å². The lowest BCUT2D eigenvalue weighted by atomic mass is 10.1. The molecule has 0 saturated carbocycles. The summed E-state index contributed by atoms with van der Waals surface area (Å²) in [6.45, 7) is 5.45. The van der Waals surface area contributed by atoms with Crippen LogP contribution in [0.4, 0.5) is 0 Å². The summed E-state index contributed by atoms with van der Waals surface area (Å²) in [4.78, 5) is 0. The minimum Gasteiger partial charge on any atom is -0.370 e. The maximum Gasteiger partial charge on any atom is 0.258 e. The van der Waals surface area contributed by atoms with E-state index < -0.39 is 14.8 Å². The Morgan fingerprint density at radius 1 is 0.958 bits per heavy atom. The third-order valence-electron chi connectivity index (χ3n) is 3.46. The SMILES string of the molecule is CC(C)(C)S(=O)(=O)/N=C(\COCc1ccccc1)c1ccccc1. The van der Waals surface area contributed by atoms with Gasteiger partial charge in [-0.3, -0.25) is 0 Å². The second-order valence-corrected chi connectivity index (χ2v) is 8.83. The maximum atomic E-state index is 12.4. The van der Waals surface area contributed by atoms with Gasteiger partial charge in [-0.1, -0.05) is 60.7 Å². The summed E-state index contributed by atoms with van der Waals surface area (Å²) >= 11 is 0. The molecule has 0 unspecified atom stereocenters. The molecular formula is C19H23NO3S. The highest BCUT2D eigenvalue weighted by Gasteiger charge is 2.29. The van der Waals surface area contributed by atoms with Gasteiger partial charge < -0.3 is 4.74 Å². The van der Waals surface area contributed by atoms with E-state index in [1.54, 1.807) is 20.8 Å². The van der Waals surface area contributed by atoms with E-state index in [4.69, 9.17) is 4.74 Å². The molecular weight excluding hydrogens is 322 g/mol. The fourth-order valence-electron chi connectivity index (χ4n) is 1.91. The van der Waals surface area contributed by atoms with Crippen LogP contribution in [0.1, 0.15) is 31.9 Å². The highest BCUT2D eigenvalue weighted by Crippen LogP contribution is 2.18. The molecule has 0 bridgehead atoms. The van der Waals surface area contributed by atoms with Crippen LogP contribution in [0.5, 0.6) is 0 Å². The third kappa shape index (κ3) is 5.01. The highest BCUT2D eigenvalue weighted by atomic mass is 32.2. The Hall–Kier alpha value is -1.98. The summed E-state index contributed by atoms with van der Waals surface area (Å²) in [6.07, 6.45) is 0. The Morgan fingerprint density at radius 3 is 2.04 bits per heavy atom. The smallest absolute Gasteiger partial charge is 0.258 e. The molecule has 0 fully saturated rings. The van der Waals surface area contributed by atoms with Gasteiger partial charge in [0.05, 0.1) is 23.7 Å². The first-order valence-electron chi connectivity index (χ1n) is 7.80. The summed E-state index contributed by atoms with van der Waals surface area (Å²) in [7, 11) is -3.63. The van der Waals surface area contributed by atoms with Gasteiger partial charge in [0.1, 0.15) is 0 Å². The van der Waals surface area contributed by atoms with E-state index in [-0.39, 0.29) is 6.61 Å². The molecule has 24 heavy (non-hydrogen) atoms. The number of rotatable bonds is 6. The molecule has 0 aliphatic rings. The lowest BCUT2D eigenvalue weighted by molar-refractivity contribution is 0.158. The van der Waals surface area contributed by atoms with Crippen molar-refractivity contribution in [3.63, 3.8) is 0 Å². The molecule has 0 atom stereocenters. The van der Waals surface area contributed by atoms with Crippen LogP contribution in [0.15, 0.2) is 65.1 Å². The Bertz CT molecular complexity index is 776. The van der Waals surface area contributed by atoms with E-state index in [1.165, 1.54) is 0 Å². The molecule has 2 aromatic carbocycles. The molecule has 0 saturated heterocycles. The molecule has 0 aromatic heterocycles. The van der Waals surface area contributed by atoms with Crippen LogP contribution < -0.4 is 0 Å². The predicted octanol–water partition coefficient (Wildman–Crippen LogP) is 3.82. The summed E-state index contributed by atoms with van der Waals surface area (Å²) in [5, 5.41) is 0. The number of benzene rings is 2. The summed E-state index contributed by atoms with van der Waals surface area (Å²) in [6, 6.07) is 19.0. The number of hydrogen-bond acceptors (Lipinski definition) is 3. The lowest BCUT2D eigenvalue weighted by Crippen LogP contribution is -2.28. The molecule has 0 spiro atoms. The monoisotopic (exact) mass is 345 g/mol. The zero-order valence-corrected chi connectivity index (χ0v) is 15.1. The second-order valence-electron chi connectivity index (χ2n) is 6.47. The van der Waals surface area contributed by atoms with Crippen molar-refractivity contribution in [2.75, 3.05) is 6.61 Å². The first kappa shape index (κ1) is 18.4. The summed E-state index contributed by atoms with van der Waals surface area (Å²) < 4.78 is 33.6. The number of ether oxygens (including phenoxy) is 1. The first-order chi connectivity index (χ1) is 11.3. The van der Waals surface area contributed by atoms with Crippen LogP contribution in [0, 0.1) is 0 Å². The molecule has 0 heterocycles. The van der Waals surface area contributed by atoms with Crippen molar-refractivity contribution in [2.45, 2.75) is 32.1 Å². The predicted molar refractivity (Wildman–Crippen MR) is 97.7 cm³/mol. The molecule has 5 heteroatoms. The third-order valence-corrected chi connectivity index (χ3v) is 5.47. The van der Waals surface area contributed by atoms with E-state index >= 15 is 0 Å². The van der Waals surface area contributed by atoms with Crippen LogP contribution in [-0.2, 0) is 21.4 Å². The average molecular weight is 345 g/mol. The topological polar surface area (TPSA) is 55.7 Å². The number of sulfonamides is 1. The van der Waals surface area contributed by atoms with E-state index in [2.05, 4.69) is 4.40 Å². The molecule has 128 valence electrons. The summed E-state index contributed by atoms with van der Waals surface area (Å²) in [5.41, 5.74) is 2.20. The van der Waals surface area contributed by atoms with Crippen molar-refractivity contribution in [2.24, 2.45) is 4.40 Å². The molecule has 4 nitrogen and oxygen atoms in total. The second kappa shape index (κ2) is 7.73. The first-order valence-corrected chi connectivity index (χ1v) is 9.24. The van der Waals surface area contributed by atoms with Crippen molar-refractivity contribution in [1.29, 1.82) is 0 Å². The van der Waals surface area contributed by atoms with Crippen molar-refractivity contribution >= 4 is 15.7 Å². The molecule has 0 aliphatic carbocycles. The van der Waals surface area contributed by atoms with E-state index in [9.17, 15) is 8.42 Å². The van der Waals surface area contributed by atoms with Gasteiger partial charge in [-0.2, -0.15) is 4.40 Å². The molecule has 0 radical (unpaired) electrons. The Labute approximate surface area is 144 Å². The molecule has 2 rings (SSSR count). The van der Waals surface area contributed by atoms with Crippen molar-refractivity contribution in [3.05, 3.63) is 71.8 Å². The fourth-order valence-corrected chi connectivity index (χ4v) is 2.64. The van der Waals surface area contributed by atoms with Crippen molar-refractivity contribution in [1.82, 2.24) is 0 Å². The molecule has 0 N–H and O–H groups in total. The van der Waals surface area contributed by atoms with Gasteiger partial charge in [-0.15, -0.1) is 0 Å². The van der Waals surface area contributed by atoms with Gasteiger partial charge in [-0.05, 0) is 31.9 Å². The zero-order chi connectivity index (χ0) is 17.6. The Morgan fingerprint density at radius 2 is 1.50 bits per heavy atom. The van der Waals surface area contributed by atoms with Crippen LogP contribution >= 0.6 is 0 Å². The molecule has 0 amide bonds. The number of nitrogens with zero attached hydrogens (tertiary/aromatic N) is 1. The van der Waals surface area contributed by atoms with Gasteiger partial charge in [0, 0.05) is 0 Å². The standard InChI is InChI=1S/C19H23NO3S/c1-19(2,3)24(21,22)20-18(17-12-8-5-9-13-17)15-23-14-16-10-6-4-7-11-16/h4-13H,14-15H2,1-3H3/b20-18+. The molecule has 2 aromatic rings. The fraction of sp³-hybridized carbons (Fsp3) is 0.316. The van der Waals surface area contributed by atoms with Gasteiger partial charge in [0.2, 0.25) is 0 Å². The Balaban J connectivity index is 2.21. The van der Waals surface area contributed by atoms with Crippen molar-refractivity contribution in [3.8, 4) is 0 Å². The van der Waals surface area contributed by atoms with E-state index in [0.717, 1.165) is 11.1 Å². The van der Waals surface area contributed by atoms with Crippen LogP contribution in [0.25, 0.3) is 0 Å². The lowest BCUT2D eigenvalue weighted by Gasteiger charge is -2.17. The van der Waals surface area contributed by atoms with Gasteiger partial charge in [0.25, 0.3) is 10.0 Å². The van der Waals surface area contributed by atoms with E-state index in [0.29, 0.717) is 12.3 Å². The summed E-state index contributed by atoms with van der Waals surface area (Å²) in [5.74, 6) is 0. The number of hydrogen-bond donors (Lipinski definition) is 0. The van der Waals surface area contributed by atoms with Gasteiger partial charge in [0.15, 0.2) is 0 Å². The maximum absolute atomic E-state index is 12.4. The highest BCUT2D eigenvalue weighted by molar-refractivity contribution is 7.91. The van der Waals surface area contributed by atoms with Crippen LogP contribution in [-0.4, -0.2) is 25.5 Å². The molecule has 0 aliphatic heterocycles. The van der Waals surface area contributed by atoms with Crippen molar-refractivity contribution < 1.29 is 13.2 Å². The van der Waals surface area contributed by atoms with Gasteiger partial charge >= 0.3 is 0 Å². The normalized spacial score (nSPS) is 13.0. The largest absolute Gasteiger partial charge is 0.370 e. The minimum atomic E-state index is -3.63. The van der Waals surface area contributed by atoms with E-state index in [1.807, 2.05) is 60.7 Å². The quantitative estimate of drug-likeness (QED) is 0.748.